The Morgan fingerprint density at radius 2 is 2.12 bits per heavy atom. The third kappa shape index (κ3) is 6.13. The number of carboxylic acids is 1. The van der Waals surface area contributed by atoms with Crippen LogP contribution < -0.4 is 5.32 Å². The van der Waals surface area contributed by atoms with Gasteiger partial charge >= 0.3 is 5.97 Å². The molecule has 1 aromatic heterocycles. The van der Waals surface area contributed by atoms with E-state index >= 15 is 0 Å². The number of carbonyl (C=O) groups excluding carboxylic acids is 2. The van der Waals surface area contributed by atoms with Crippen LogP contribution in [0.15, 0.2) is 24.5 Å². The average Bonchev–Trinajstić information content (AvgIpc) is 2.62. The van der Waals surface area contributed by atoms with E-state index in [9.17, 15) is 14.4 Å². The molecule has 7 heteroatoms. The van der Waals surface area contributed by atoms with Crippen molar-refractivity contribution in [1.29, 1.82) is 0 Å². The quantitative estimate of drug-likeness (QED) is 0.696. The minimum atomic E-state index is -0.942. The van der Waals surface area contributed by atoms with Crippen molar-refractivity contribution in [3.63, 3.8) is 0 Å². The van der Waals surface area contributed by atoms with Gasteiger partial charge in [0, 0.05) is 30.9 Å². The van der Waals surface area contributed by atoms with E-state index in [0.717, 1.165) is 31.2 Å². The van der Waals surface area contributed by atoms with Crippen LogP contribution in [0.25, 0.3) is 0 Å². The number of nitrogens with one attached hydrogen (secondary N) is 1. The van der Waals surface area contributed by atoms with Crippen molar-refractivity contribution in [2.24, 2.45) is 5.92 Å². The van der Waals surface area contributed by atoms with E-state index < -0.39 is 12.0 Å². The number of aryl methyl sites for hydroxylation is 1. The van der Waals surface area contributed by atoms with Crippen molar-refractivity contribution in [3.05, 3.63) is 30.1 Å². The molecule has 2 rings (SSSR count). The number of rotatable bonds is 9. The molecule has 1 aliphatic heterocycles. The maximum atomic E-state index is 12.7. The summed E-state index contributed by atoms with van der Waals surface area (Å²) in [6, 6.07) is 3.50. The number of likely N-dealkylation sites (tertiary alicyclic amines) is 1. The summed E-state index contributed by atoms with van der Waals surface area (Å²) < 4.78 is 0. The van der Waals surface area contributed by atoms with Crippen molar-refractivity contribution >= 4 is 17.8 Å². The van der Waals surface area contributed by atoms with Crippen LogP contribution in [-0.4, -0.2) is 51.9 Å². The van der Waals surface area contributed by atoms with E-state index in [2.05, 4.69) is 10.3 Å². The predicted octanol–water partition coefficient (Wildman–Crippen LogP) is 1.62. The number of amides is 2. The van der Waals surface area contributed by atoms with Gasteiger partial charge in [0.2, 0.25) is 11.8 Å². The van der Waals surface area contributed by atoms with E-state index in [1.165, 1.54) is 0 Å². The van der Waals surface area contributed by atoms with Gasteiger partial charge < -0.3 is 15.3 Å². The van der Waals surface area contributed by atoms with E-state index in [1.54, 1.807) is 17.3 Å². The van der Waals surface area contributed by atoms with Gasteiger partial charge in [0.15, 0.2) is 0 Å². The molecule has 26 heavy (non-hydrogen) atoms. The fourth-order valence-electron chi connectivity index (χ4n) is 3.29. The number of carbonyl (C=O) groups is 3. The van der Waals surface area contributed by atoms with Gasteiger partial charge in [0.25, 0.3) is 0 Å². The molecule has 142 valence electrons. The fraction of sp³-hybridized carbons (Fsp3) is 0.579. The number of carboxylic acid groups (broad SMARTS) is 1. The summed E-state index contributed by atoms with van der Waals surface area (Å²) in [5.74, 6) is -1.28. The predicted molar refractivity (Wildman–Crippen MR) is 96.3 cm³/mol. The average molecular weight is 361 g/mol. The van der Waals surface area contributed by atoms with Crippen LogP contribution in [0.2, 0.25) is 0 Å². The SMILES string of the molecule is CCC(CC(=O)O)NC(=O)CN1CCC[C@@H](CCc2ccncc2)C1=O. The summed E-state index contributed by atoms with van der Waals surface area (Å²) in [6.45, 7) is 2.41. The van der Waals surface area contributed by atoms with Gasteiger partial charge in [-0.05, 0) is 49.8 Å². The zero-order chi connectivity index (χ0) is 18.9. The lowest BCUT2D eigenvalue weighted by Gasteiger charge is -2.32. The lowest BCUT2D eigenvalue weighted by Crippen LogP contribution is -2.48. The Kier molecular flexibility index (Phi) is 7.56. The van der Waals surface area contributed by atoms with Crippen molar-refractivity contribution in [2.75, 3.05) is 13.1 Å². The monoisotopic (exact) mass is 361 g/mol. The topological polar surface area (TPSA) is 99.6 Å². The van der Waals surface area contributed by atoms with Gasteiger partial charge in [0.1, 0.15) is 0 Å². The normalized spacial score (nSPS) is 18.4. The molecule has 2 atom stereocenters. The van der Waals surface area contributed by atoms with Crippen molar-refractivity contribution in [2.45, 2.75) is 51.5 Å². The number of hydrogen-bond acceptors (Lipinski definition) is 4. The highest BCUT2D eigenvalue weighted by Gasteiger charge is 2.29. The van der Waals surface area contributed by atoms with Crippen LogP contribution in [0, 0.1) is 5.92 Å². The number of nitrogens with zero attached hydrogens (tertiary/aromatic N) is 2. The van der Waals surface area contributed by atoms with Gasteiger partial charge in [-0.25, -0.2) is 0 Å². The second-order valence-electron chi connectivity index (χ2n) is 6.76. The molecule has 0 aliphatic carbocycles. The standard InChI is InChI=1S/C19H27N3O4/c1-2-16(12-18(24)25)21-17(23)13-22-11-3-4-15(19(22)26)6-5-14-7-9-20-10-8-14/h7-10,15-16H,2-6,11-13H2,1H3,(H,21,23)(H,24,25)/t15-,16?/m0/s1. The molecule has 1 aliphatic rings. The van der Waals surface area contributed by atoms with Crippen molar-refractivity contribution < 1.29 is 19.5 Å². The first-order valence-corrected chi connectivity index (χ1v) is 9.18. The highest BCUT2D eigenvalue weighted by Crippen LogP contribution is 2.22. The van der Waals surface area contributed by atoms with E-state index in [-0.39, 0.29) is 30.7 Å². The molecule has 0 bridgehead atoms. The lowest BCUT2D eigenvalue weighted by molar-refractivity contribution is -0.143. The molecule has 2 amide bonds. The molecule has 1 unspecified atom stereocenters. The second-order valence-corrected chi connectivity index (χ2v) is 6.76. The lowest BCUT2D eigenvalue weighted by atomic mass is 9.91. The Morgan fingerprint density at radius 1 is 1.38 bits per heavy atom. The number of hydrogen-bond donors (Lipinski definition) is 2. The molecule has 1 saturated heterocycles. The van der Waals surface area contributed by atoms with Gasteiger partial charge in [-0.2, -0.15) is 0 Å². The maximum Gasteiger partial charge on any atom is 0.305 e. The summed E-state index contributed by atoms with van der Waals surface area (Å²) >= 11 is 0. The molecule has 1 aromatic rings. The van der Waals surface area contributed by atoms with Crippen LogP contribution in [0.4, 0.5) is 0 Å². The second kappa shape index (κ2) is 9.89. The zero-order valence-electron chi connectivity index (χ0n) is 15.2. The Bertz CT molecular complexity index is 620. The molecule has 1 fully saturated rings. The highest BCUT2D eigenvalue weighted by atomic mass is 16.4. The van der Waals surface area contributed by atoms with E-state index in [0.29, 0.717) is 13.0 Å². The van der Waals surface area contributed by atoms with Crippen LogP contribution in [0.3, 0.4) is 0 Å². The molecular formula is C19H27N3O4. The summed E-state index contributed by atoms with van der Waals surface area (Å²) in [4.78, 5) is 41.2. The number of aliphatic carboxylic acids is 1. The van der Waals surface area contributed by atoms with Crippen molar-refractivity contribution in [1.82, 2.24) is 15.2 Å². The van der Waals surface area contributed by atoms with E-state index in [1.807, 2.05) is 19.1 Å². The number of pyridine rings is 1. The summed E-state index contributed by atoms with van der Waals surface area (Å²) in [6.07, 6.45) is 7.23. The van der Waals surface area contributed by atoms with E-state index in [4.69, 9.17) is 5.11 Å². The van der Waals surface area contributed by atoms with Crippen LogP contribution in [-0.2, 0) is 20.8 Å². The molecule has 7 nitrogen and oxygen atoms in total. The van der Waals surface area contributed by atoms with Crippen LogP contribution in [0.5, 0.6) is 0 Å². The molecular weight excluding hydrogens is 334 g/mol. The van der Waals surface area contributed by atoms with Crippen LogP contribution in [0.1, 0.15) is 44.6 Å². The summed E-state index contributed by atoms with van der Waals surface area (Å²) in [5.41, 5.74) is 1.15. The largest absolute Gasteiger partial charge is 0.481 e. The number of aromatic nitrogens is 1. The third-order valence-electron chi connectivity index (χ3n) is 4.79. The molecule has 0 radical (unpaired) electrons. The van der Waals surface area contributed by atoms with Crippen LogP contribution >= 0.6 is 0 Å². The molecule has 2 heterocycles. The Hall–Kier alpha value is -2.44. The molecule has 0 spiro atoms. The first-order valence-electron chi connectivity index (χ1n) is 9.18. The summed E-state index contributed by atoms with van der Waals surface area (Å²) in [7, 11) is 0. The first-order chi connectivity index (χ1) is 12.5. The van der Waals surface area contributed by atoms with Gasteiger partial charge in [0.05, 0.1) is 13.0 Å². The van der Waals surface area contributed by atoms with Gasteiger partial charge in [-0.15, -0.1) is 0 Å². The first kappa shape index (κ1) is 19.9. The third-order valence-corrected chi connectivity index (χ3v) is 4.79. The highest BCUT2D eigenvalue weighted by molar-refractivity contribution is 5.86. The van der Waals surface area contributed by atoms with Gasteiger partial charge in [-0.1, -0.05) is 6.92 Å². The molecule has 0 saturated carbocycles. The van der Waals surface area contributed by atoms with Gasteiger partial charge in [-0.3, -0.25) is 19.4 Å². The zero-order valence-corrected chi connectivity index (χ0v) is 15.2. The smallest absolute Gasteiger partial charge is 0.305 e. The Morgan fingerprint density at radius 3 is 2.77 bits per heavy atom. The minimum absolute atomic E-state index is 0.000704. The fourth-order valence-corrected chi connectivity index (χ4v) is 3.29. The number of piperidine rings is 1. The Labute approximate surface area is 153 Å². The van der Waals surface area contributed by atoms with Crippen molar-refractivity contribution in [3.8, 4) is 0 Å². The molecule has 0 aromatic carbocycles. The summed E-state index contributed by atoms with van der Waals surface area (Å²) in [5, 5.41) is 11.6. The minimum Gasteiger partial charge on any atom is -0.481 e. The maximum absolute atomic E-state index is 12.7. The Balaban J connectivity index is 1.84. The molecule has 2 N–H and O–H groups in total.